The molecule has 0 aromatic heterocycles. The van der Waals surface area contributed by atoms with Gasteiger partial charge in [0, 0.05) is 23.4 Å². The minimum absolute atomic E-state index is 0.429. The zero-order chi connectivity index (χ0) is 14.5. The molecule has 0 aliphatic rings. The summed E-state index contributed by atoms with van der Waals surface area (Å²) in [4.78, 5) is 22.4. The zero-order valence-electron chi connectivity index (χ0n) is 10.8. The van der Waals surface area contributed by atoms with Gasteiger partial charge >= 0.3 is 0 Å². The highest BCUT2D eigenvalue weighted by atomic mass is 16.1. The van der Waals surface area contributed by atoms with Gasteiger partial charge in [-0.05, 0) is 29.8 Å². The van der Waals surface area contributed by atoms with E-state index in [1.165, 1.54) is 0 Å². The quantitative estimate of drug-likeness (QED) is 0.767. The van der Waals surface area contributed by atoms with Crippen molar-refractivity contribution in [2.24, 2.45) is 11.5 Å². The maximum atomic E-state index is 11.3. The molecule has 0 saturated heterocycles. The normalized spacial score (nSPS) is 10.0. The average Bonchev–Trinajstić information content (AvgIpc) is 2.45. The lowest BCUT2D eigenvalue weighted by molar-refractivity contribution is 0.0991. The number of nitrogens with one attached hydrogen (secondary N) is 1. The number of hydrogen-bond donors (Lipinski definition) is 3. The molecule has 102 valence electrons. The molecule has 2 aromatic rings. The van der Waals surface area contributed by atoms with E-state index in [0.717, 1.165) is 11.3 Å². The Bertz CT molecular complexity index is 653. The number of carbonyl (C=O) groups is 2. The van der Waals surface area contributed by atoms with E-state index < -0.39 is 11.8 Å². The molecule has 0 spiro atoms. The third-order valence-corrected chi connectivity index (χ3v) is 2.91. The maximum absolute atomic E-state index is 11.3. The summed E-state index contributed by atoms with van der Waals surface area (Å²) >= 11 is 0. The van der Waals surface area contributed by atoms with E-state index >= 15 is 0 Å². The Morgan fingerprint density at radius 2 is 1.70 bits per heavy atom. The molecule has 0 heterocycles. The highest BCUT2D eigenvalue weighted by Gasteiger charge is 2.07. The van der Waals surface area contributed by atoms with Gasteiger partial charge in [0.15, 0.2) is 0 Å². The van der Waals surface area contributed by atoms with Crippen molar-refractivity contribution in [2.75, 3.05) is 5.32 Å². The van der Waals surface area contributed by atoms with Crippen molar-refractivity contribution >= 4 is 17.5 Å². The van der Waals surface area contributed by atoms with Crippen LogP contribution in [0.2, 0.25) is 0 Å². The van der Waals surface area contributed by atoms with Crippen molar-refractivity contribution in [3.8, 4) is 0 Å². The van der Waals surface area contributed by atoms with Crippen LogP contribution in [0.15, 0.2) is 48.5 Å². The first-order chi connectivity index (χ1) is 9.58. The van der Waals surface area contributed by atoms with Crippen LogP contribution < -0.4 is 16.8 Å². The number of anilines is 1. The molecular weight excluding hydrogens is 254 g/mol. The van der Waals surface area contributed by atoms with Gasteiger partial charge in [0.1, 0.15) is 0 Å². The molecule has 0 fully saturated rings. The Morgan fingerprint density at radius 1 is 0.950 bits per heavy atom. The monoisotopic (exact) mass is 269 g/mol. The molecular formula is C15H15N3O2. The van der Waals surface area contributed by atoms with E-state index in [-0.39, 0.29) is 0 Å². The van der Waals surface area contributed by atoms with Crippen molar-refractivity contribution in [3.05, 3.63) is 65.2 Å². The highest BCUT2D eigenvalue weighted by Crippen LogP contribution is 2.14. The van der Waals surface area contributed by atoms with Gasteiger partial charge in [0.05, 0.1) is 0 Å². The Labute approximate surface area is 116 Å². The van der Waals surface area contributed by atoms with Gasteiger partial charge in [-0.25, -0.2) is 0 Å². The molecule has 0 aliphatic carbocycles. The van der Waals surface area contributed by atoms with Crippen LogP contribution in [-0.2, 0) is 6.54 Å². The molecule has 0 aliphatic heterocycles. The Hall–Kier alpha value is -2.82. The Balaban J connectivity index is 2.15. The van der Waals surface area contributed by atoms with Crippen molar-refractivity contribution in [1.29, 1.82) is 0 Å². The zero-order valence-corrected chi connectivity index (χ0v) is 10.8. The molecule has 0 radical (unpaired) electrons. The molecule has 2 aromatic carbocycles. The fraction of sp³-hybridized carbons (Fsp3) is 0.0667. The van der Waals surface area contributed by atoms with E-state index in [4.69, 9.17) is 11.5 Å². The average molecular weight is 269 g/mol. The topological polar surface area (TPSA) is 98.2 Å². The van der Waals surface area contributed by atoms with Gasteiger partial charge in [-0.3, -0.25) is 9.59 Å². The number of rotatable bonds is 5. The second-order valence-corrected chi connectivity index (χ2v) is 4.32. The number of primary amides is 2. The van der Waals surface area contributed by atoms with E-state index in [1.807, 2.05) is 18.2 Å². The van der Waals surface area contributed by atoms with Gasteiger partial charge in [-0.1, -0.05) is 24.3 Å². The summed E-state index contributed by atoms with van der Waals surface area (Å²) in [5.41, 5.74) is 13.0. The predicted molar refractivity (Wildman–Crippen MR) is 77.2 cm³/mol. The van der Waals surface area contributed by atoms with E-state index in [1.54, 1.807) is 30.3 Å². The fourth-order valence-corrected chi connectivity index (χ4v) is 1.89. The molecule has 2 rings (SSSR count). The van der Waals surface area contributed by atoms with Crippen LogP contribution in [0, 0.1) is 0 Å². The van der Waals surface area contributed by atoms with Crippen molar-refractivity contribution in [3.63, 3.8) is 0 Å². The van der Waals surface area contributed by atoms with Crippen molar-refractivity contribution in [2.45, 2.75) is 6.54 Å². The van der Waals surface area contributed by atoms with Crippen LogP contribution in [0.5, 0.6) is 0 Å². The Kier molecular flexibility index (Phi) is 4.00. The Morgan fingerprint density at radius 3 is 2.40 bits per heavy atom. The van der Waals surface area contributed by atoms with E-state index in [9.17, 15) is 9.59 Å². The van der Waals surface area contributed by atoms with Gasteiger partial charge < -0.3 is 16.8 Å². The van der Waals surface area contributed by atoms with Crippen molar-refractivity contribution in [1.82, 2.24) is 0 Å². The summed E-state index contributed by atoms with van der Waals surface area (Å²) in [5, 5.41) is 3.14. The number of hydrogen-bond acceptors (Lipinski definition) is 3. The molecule has 5 N–H and O–H groups in total. The smallest absolute Gasteiger partial charge is 0.249 e. The lowest BCUT2D eigenvalue weighted by atomic mass is 10.1. The first kappa shape index (κ1) is 13.6. The molecule has 2 amide bonds. The second-order valence-electron chi connectivity index (χ2n) is 4.32. The fourth-order valence-electron chi connectivity index (χ4n) is 1.89. The van der Waals surface area contributed by atoms with Crippen molar-refractivity contribution < 1.29 is 9.59 Å². The van der Waals surface area contributed by atoms with Crippen LogP contribution in [-0.4, -0.2) is 11.8 Å². The minimum Gasteiger partial charge on any atom is -0.381 e. The lowest BCUT2D eigenvalue weighted by Gasteiger charge is -2.10. The molecule has 20 heavy (non-hydrogen) atoms. The number of nitrogens with two attached hydrogens (primary N) is 2. The third-order valence-electron chi connectivity index (χ3n) is 2.91. The van der Waals surface area contributed by atoms with Gasteiger partial charge in [0.25, 0.3) is 0 Å². The van der Waals surface area contributed by atoms with E-state index in [2.05, 4.69) is 5.32 Å². The standard InChI is InChI=1S/C15H15N3O2/c16-14(19)10-5-3-6-12(8-10)18-9-11-4-1-2-7-13(11)15(17)20/h1-8,18H,9H2,(H2,16,19)(H2,17,20). The number of benzene rings is 2. The van der Waals surface area contributed by atoms with Crippen LogP contribution in [0.25, 0.3) is 0 Å². The summed E-state index contributed by atoms with van der Waals surface area (Å²) in [6, 6.07) is 14.0. The molecule has 5 nitrogen and oxygen atoms in total. The lowest BCUT2D eigenvalue weighted by Crippen LogP contribution is -2.15. The van der Waals surface area contributed by atoms with Crippen LogP contribution in [0.1, 0.15) is 26.3 Å². The van der Waals surface area contributed by atoms with E-state index in [0.29, 0.717) is 17.7 Å². The predicted octanol–water partition coefficient (Wildman–Crippen LogP) is 1.50. The SMILES string of the molecule is NC(=O)c1cccc(NCc2ccccc2C(N)=O)c1. The van der Waals surface area contributed by atoms with Gasteiger partial charge in [-0.15, -0.1) is 0 Å². The number of carbonyl (C=O) groups excluding carboxylic acids is 2. The molecule has 0 atom stereocenters. The second kappa shape index (κ2) is 5.88. The van der Waals surface area contributed by atoms with Crippen LogP contribution >= 0.6 is 0 Å². The first-order valence-electron chi connectivity index (χ1n) is 6.09. The molecule has 0 bridgehead atoms. The maximum Gasteiger partial charge on any atom is 0.249 e. The first-order valence-corrected chi connectivity index (χ1v) is 6.09. The molecule has 5 heteroatoms. The highest BCUT2D eigenvalue weighted by molar-refractivity contribution is 5.94. The summed E-state index contributed by atoms with van der Waals surface area (Å²) in [5.74, 6) is -0.945. The van der Waals surface area contributed by atoms with Gasteiger partial charge in [-0.2, -0.15) is 0 Å². The summed E-state index contributed by atoms with van der Waals surface area (Å²) in [6.07, 6.45) is 0. The minimum atomic E-state index is -0.480. The van der Waals surface area contributed by atoms with Crippen LogP contribution in [0.4, 0.5) is 5.69 Å². The summed E-state index contributed by atoms with van der Waals surface area (Å²) in [7, 11) is 0. The summed E-state index contributed by atoms with van der Waals surface area (Å²) < 4.78 is 0. The molecule has 0 saturated carbocycles. The van der Waals surface area contributed by atoms with Crippen LogP contribution in [0.3, 0.4) is 0 Å². The number of amides is 2. The molecule has 0 unspecified atom stereocenters. The van der Waals surface area contributed by atoms with Gasteiger partial charge in [0.2, 0.25) is 11.8 Å². The third kappa shape index (κ3) is 3.14. The summed E-state index contributed by atoms with van der Waals surface area (Å²) in [6.45, 7) is 0.432. The largest absolute Gasteiger partial charge is 0.381 e.